The molecule has 3 saturated heterocycles. The van der Waals surface area contributed by atoms with E-state index in [1.165, 1.54) is 5.56 Å². The van der Waals surface area contributed by atoms with Crippen molar-refractivity contribution in [3.05, 3.63) is 65.7 Å². The van der Waals surface area contributed by atoms with Gasteiger partial charge in [0.2, 0.25) is 5.91 Å². The number of hydrogen-bond donors (Lipinski definition) is 2. The molecule has 6 rings (SSSR count). The van der Waals surface area contributed by atoms with Crippen molar-refractivity contribution in [2.45, 2.75) is 71.2 Å². The van der Waals surface area contributed by atoms with E-state index in [2.05, 4.69) is 71.8 Å². The van der Waals surface area contributed by atoms with E-state index in [9.17, 15) is 4.79 Å². The molecule has 4 bridgehead atoms. The Morgan fingerprint density at radius 3 is 2.50 bits per heavy atom. The summed E-state index contributed by atoms with van der Waals surface area (Å²) < 4.78 is 5.95. The maximum Gasteiger partial charge on any atom is 0.240 e. The summed E-state index contributed by atoms with van der Waals surface area (Å²) >= 11 is 0. The first-order valence-electron chi connectivity index (χ1n) is 13.7. The van der Waals surface area contributed by atoms with Gasteiger partial charge in [0, 0.05) is 38.1 Å². The number of carbonyl (C=O) groups is 1. The fraction of sp³-hybridized carbons (Fsp3) is 0.581. The van der Waals surface area contributed by atoms with Gasteiger partial charge < -0.3 is 15.4 Å². The molecule has 36 heavy (non-hydrogen) atoms. The number of likely N-dealkylation sites (tertiary alicyclic amines) is 1. The highest BCUT2D eigenvalue weighted by atomic mass is 16.5. The summed E-state index contributed by atoms with van der Waals surface area (Å²) in [6.07, 6.45) is 1.87. The predicted octanol–water partition coefficient (Wildman–Crippen LogP) is 4.66. The molecule has 0 aromatic heterocycles. The summed E-state index contributed by atoms with van der Waals surface area (Å²) in [5, 5.41) is 7.12. The molecular weight excluding hydrogens is 446 g/mol. The number of ether oxygens (including phenoxy) is 1. The summed E-state index contributed by atoms with van der Waals surface area (Å²) in [6.45, 7) is 14.5. The minimum Gasteiger partial charge on any atom is -0.488 e. The Balaban J connectivity index is 1.35. The molecule has 2 aromatic carbocycles. The Morgan fingerprint density at radius 2 is 1.83 bits per heavy atom. The zero-order valence-electron chi connectivity index (χ0n) is 22.6. The van der Waals surface area contributed by atoms with Crippen LogP contribution >= 0.6 is 0 Å². The minimum atomic E-state index is -0.513. The van der Waals surface area contributed by atoms with Crippen molar-refractivity contribution in [1.29, 1.82) is 0 Å². The lowest BCUT2D eigenvalue weighted by Crippen LogP contribution is -2.74. The Morgan fingerprint density at radius 1 is 1.11 bits per heavy atom. The molecule has 2 aromatic rings. The standard InChI is InChI=1S/C31H43N3O2/c1-21(2)19-34-20-24-16-31(27(28(34)26(24)18-33-31)15-22-9-7-6-8-10-22)29(35)32-17-23-11-13-25(14-12-23)36-30(3,4)5/h6-14,21,24,26-28,33H,15-20H2,1-5H3,(H,32,35)/t24-,26-,27-,28+,31+/m1/s1. The summed E-state index contributed by atoms with van der Waals surface area (Å²) in [6, 6.07) is 19.3. The normalized spacial score (nSPS) is 29.5. The minimum absolute atomic E-state index is 0.165. The molecule has 0 unspecified atom stereocenters. The predicted molar refractivity (Wildman–Crippen MR) is 145 cm³/mol. The molecule has 4 aliphatic rings. The van der Waals surface area contributed by atoms with E-state index in [4.69, 9.17) is 4.74 Å². The van der Waals surface area contributed by atoms with E-state index in [0.717, 1.165) is 43.8 Å². The van der Waals surface area contributed by atoms with E-state index < -0.39 is 5.54 Å². The smallest absolute Gasteiger partial charge is 0.240 e. The molecule has 5 nitrogen and oxygen atoms in total. The maximum atomic E-state index is 14.0. The molecule has 0 spiro atoms. The van der Waals surface area contributed by atoms with Crippen molar-refractivity contribution in [3.63, 3.8) is 0 Å². The van der Waals surface area contributed by atoms with Gasteiger partial charge in [-0.15, -0.1) is 0 Å². The second kappa shape index (κ2) is 9.83. The maximum absolute atomic E-state index is 14.0. The Kier molecular flexibility index (Phi) is 6.90. The number of carbonyl (C=O) groups excluding carboxylic acids is 1. The van der Waals surface area contributed by atoms with Gasteiger partial charge in [-0.05, 0) is 74.6 Å². The molecule has 0 radical (unpaired) electrons. The van der Waals surface area contributed by atoms with Crippen LogP contribution < -0.4 is 15.4 Å². The molecule has 5 atom stereocenters. The van der Waals surface area contributed by atoms with E-state index >= 15 is 0 Å². The molecular formula is C31H43N3O2. The highest BCUT2D eigenvalue weighted by Crippen LogP contribution is 2.53. The molecule has 1 saturated carbocycles. The van der Waals surface area contributed by atoms with Crippen LogP contribution in [0.2, 0.25) is 0 Å². The van der Waals surface area contributed by atoms with Gasteiger partial charge in [-0.25, -0.2) is 0 Å². The van der Waals surface area contributed by atoms with Gasteiger partial charge in [0.15, 0.2) is 0 Å². The first kappa shape index (κ1) is 25.3. The van der Waals surface area contributed by atoms with Crippen molar-refractivity contribution in [2.24, 2.45) is 23.7 Å². The SMILES string of the molecule is CC(C)CN1C[C@H]2C[C@]3(C(=O)NCc4ccc(OC(C)(C)C)cc4)NC[C@H]2[C@H]1[C@H]3Cc1ccccc1. The fourth-order valence-corrected chi connectivity index (χ4v) is 7.06. The van der Waals surface area contributed by atoms with Crippen LogP contribution in [-0.2, 0) is 17.8 Å². The number of piperidine rings is 2. The number of benzene rings is 2. The third kappa shape index (κ3) is 5.05. The summed E-state index contributed by atoms with van der Waals surface area (Å²) in [7, 11) is 0. The van der Waals surface area contributed by atoms with Crippen molar-refractivity contribution in [1.82, 2.24) is 15.5 Å². The highest BCUT2D eigenvalue weighted by molar-refractivity contribution is 5.87. The first-order valence-corrected chi connectivity index (χ1v) is 13.7. The monoisotopic (exact) mass is 489 g/mol. The van der Waals surface area contributed by atoms with Crippen LogP contribution in [0, 0.1) is 23.7 Å². The summed E-state index contributed by atoms with van der Waals surface area (Å²) in [4.78, 5) is 16.8. The van der Waals surface area contributed by atoms with Gasteiger partial charge in [-0.3, -0.25) is 9.69 Å². The summed E-state index contributed by atoms with van der Waals surface area (Å²) in [5.41, 5.74) is 1.68. The molecule has 3 aliphatic heterocycles. The Hall–Kier alpha value is -2.37. The van der Waals surface area contributed by atoms with Crippen LogP contribution in [-0.4, -0.2) is 47.6 Å². The Bertz CT molecular complexity index is 1050. The van der Waals surface area contributed by atoms with Gasteiger partial charge in [0.05, 0.1) is 0 Å². The average Bonchev–Trinajstić information content (AvgIpc) is 3.12. The van der Waals surface area contributed by atoms with Crippen LogP contribution in [0.15, 0.2) is 54.6 Å². The van der Waals surface area contributed by atoms with Gasteiger partial charge in [-0.2, -0.15) is 0 Å². The van der Waals surface area contributed by atoms with Crippen LogP contribution in [0.4, 0.5) is 0 Å². The number of fused-ring (bicyclic) bond motifs is 1. The van der Waals surface area contributed by atoms with Crippen molar-refractivity contribution in [2.75, 3.05) is 19.6 Å². The number of nitrogens with zero attached hydrogens (tertiary/aromatic N) is 1. The molecule has 5 heteroatoms. The second-order valence-electron chi connectivity index (χ2n) is 12.7. The molecule has 2 N–H and O–H groups in total. The average molecular weight is 490 g/mol. The molecule has 1 aliphatic carbocycles. The lowest BCUT2D eigenvalue weighted by atomic mass is 9.58. The van der Waals surface area contributed by atoms with Crippen LogP contribution in [0.5, 0.6) is 5.75 Å². The lowest BCUT2D eigenvalue weighted by molar-refractivity contribution is -0.138. The number of amides is 1. The van der Waals surface area contributed by atoms with Gasteiger partial charge >= 0.3 is 0 Å². The number of rotatable bonds is 8. The van der Waals surface area contributed by atoms with Gasteiger partial charge in [-0.1, -0.05) is 56.3 Å². The van der Waals surface area contributed by atoms with Crippen LogP contribution in [0.25, 0.3) is 0 Å². The fourth-order valence-electron chi connectivity index (χ4n) is 7.06. The van der Waals surface area contributed by atoms with E-state index in [0.29, 0.717) is 30.3 Å². The molecule has 1 amide bonds. The zero-order valence-corrected chi connectivity index (χ0v) is 22.6. The first-order chi connectivity index (χ1) is 17.1. The largest absolute Gasteiger partial charge is 0.488 e. The van der Waals surface area contributed by atoms with Crippen molar-refractivity contribution in [3.8, 4) is 5.75 Å². The zero-order chi connectivity index (χ0) is 25.5. The van der Waals surface area contributed by atoms with Crippen molar-refractivity contribution < 1.29 is 9.53 Å². The van der Waals surface area contributed by atoms with Crippen molar-refractivity contribution >= 4 is 5.91 Å². The Labute approximate surface area is 217 Å². The van der Waals surface area contributed by atoms with Gasteiger partial charge in [0.25, 0.3) is 0 Å². The highest BCUT2D eigenvalue weighted by Gasteiger charge is 2.64. The molecule has 194 valence electrons. The topological polar surface area (TPSA) is 53.6 Å². The lowest BCUT2D eigenvalue weighted by Gasteiger charge is -2.56. The number of hydrogen-bond acceptors (Lipinski definition) is 4. The third-order valence-electron chi connectivity index (χ3n) is 8.32. The number of nitrogens with one attached hydrogen (secondary N) is 2. The molecule has 3 heterocycles. The molecule has 4 fully saturated rings. The van der Waals surface area contributed by atoms with E-state index in [-0.39, 0.29) is 17.4 Å². The van der Waals surface area contributed by atoms with Crippen LogP contribution in [0.1, 0.15) is 52.2 Å². The van der Waals surface area contributed by atoms with E-state index in [1.807, 2.05) is 32.9 Å². The van der Waals surface area contributed by atoms with Crippen LogP contribution in [0.3, 0.4) is 0 Å². The second-order valence-corrected chi connectivity index (χ2v) is 12.7. The quantitative estimate of drug-likeness (QED) is 0.566. The van der Waals surface area contributed by atoms with E-state index in [1.54, 1.807) is 0 Å². The third-order valence-corrected chi connectivity index (χ3v) is 8.32. The van der Waals surface area contributed by atoms with Gasteiger partial charge in [0.1, 0.15) is 16.9 Å². The summed E-state index contributed by atoms with van der Waals surface area (Å²) in [5.74, 6) is 3.15.